The Labute approximate surface area is 381 Å². The monoisotopic (exact) mass is 969 g/mol. The molecule has 0 rings (SSSR count). The first-order valence-corrected chi connectivity index (χ1v) is 32.3. The Morgan fingerprint density at radius 1 is 0.295 bits per heavy atom. The molecule has 9 heteroatoms. The first-order chi connectivity index (χ1) is 29.8. The van der Waals surface area contributed by atoms with Crippen molar-refractivity contribution < 1.29 is 34.8 Å². The zero-order chi connectivity index (χ0) is 44.8. The average Bonchev–Trinajstić information content (AvgIpc) is 3.25. The Kier molecular flexibility index (Phi) is 44.8. The van der Waals surface area contributed by atoms with E-state index < -0.39 is 43.1 Å². The molecule has 0 amide bonds. The molecule has 0 saturated carbocycles. The third-order valence-electron chi connectivity index (χ3n) is 11.6. The Balaban J connectivity index is 4.35. The van der Waals surface area contributed by atoms with Gasteiger partial charge < -0.3 is 0 Å². The second kappa shape index (κ2) is 46.2. The summed E-state index contributed by atoms with van der Waals surface area (Å²) >= 11 is -4.29. The molecule has 0 aliphatic heterocycles. The van der Waals surface area contributed by atoms with Gasteiger partial charge in [-0.05, 0) is 0 Å². The van der Waals surface area contributed by atoms with E-state index in [2.05, 4.69) is 13.8 Å². The summed E-state index contributed by atoms with van der Waals surface area (Å²) in [6.07, 6.45) is 48.5. The minimum atomic E-state index is -4.29. The van der Waals surface area contributed by atoms with Gasteiger partial charge in [0.2, 0.25) is 0 Å². The molecule has 8 nitrogen and oxygen atoms in total. The van der Waals surface area contributed by atoms with Gasteiger partial charge in [-0.3, -0.25) is 0 Å². The van der Waals surface area contributed by atoms with E-state index in [9.17, 15) is 19.2 Å². The molecule has 0 aromatic rings. The number of rotatable bonds is 46. The Hall–Kier alpha value is -1.84. The van der Waals surface area contributed by atoms with Gasteiger partial charge in [0.15, 0.2) is 0 Å². The van der Waals surface area contributed by atoms with Gasteiger partial charge in [-0.15, -0.1) is 0 Å². The maximum atomic E-state index is 13.0. The average molecular weight is 968 g/mol. The molecule has 0 aliphatic rings. The fourth-order valence-corrected chi connectivity index (χ4v) is 17.3. The molecule has 61 heavy (non-hydrogen) atoms. The van der Waals surface area contributed by atoms with E-state index in [-0.39, 0.29) is 0 Å². The summed E-state index contributed by atoms with van der Waals surface area (Å²) in [4.78, 5) is 50.6. The van der Waals surface area contributed by atoms with Crippen molar-refractivity contribution in [1.29, 1.82) is 0 Å². The SMILES string of the molecule is CCCCCCCCCCCCCCCCCCOC(=O)/C=C/C(=O)[O][Sn]([CH2]CCC)([CH2]CCC)[O]C(=O)/C=C/C(=O)OCCCCCCCCCCCCCCCCCC. The van der Waals surface area contributed by atoms with E-state index in [1.54, 1.807) is 0 Å². The summed E-state index contributed by atoms with van der Waals surface area (Å²) < 4.78 is 23.6. The minimum Gasteiger partial charge on any atom is -0.0654 e. The van der Waals surface area contributed by atoms with Crippen molar-refractivity contribution in [1.82, 2.24) is 0 Å². The van der Waals surface area contributed by atoms with Gasteiger partial charge in [0.05, 0.1) is 0 Å². The first-order valence-electron chi connectivity index (χ1n) is 26.0. The number of hydrogen-bond acceptors (Lipinski definition) is 8. The van der Waals surface area contributed by atoms with Crippen LogP contribution in [-0.4, -0.2) is 56.3 Å². The molecular formula is C52H96O8Sn. The van der Waals surface area contributed by atoms with Crippen LogP contribution < -0.4 is 0 Å². The zero-order valence-corrected chi connectivity index (χ0v) is 43.2. The molecule has 0 saturated heterocycles. The molecular weight excluding hydrogens is 871 g/mol. The molecule has 0 aromatic heterocycles. The third kappa shape index (κ3) is 41.9. The quantitative estimate of drug-likeness (QED) is 0.0257. The van der Waals surface area contributed by atoms with Crippen LogP contribution in [0.15, 0.2) is 24.3 Å². The number of carbonyl (C=O) groups is 4. The number of unbranched alkanes of at least 4 members (excludes halogenated alkanes) is 32. The van der Waals surface area contributed by atoms with Crippen LogP contribution in [0.25, 0.3) is 0 Å². The van der Waals surface area contributed by atoms with Crippen LogP contribution in [0.1, 0.15) is 259 Å². The van der Waals surface area contributed by atoms with Crippen molar-refractivity contribution in [3.8, 4) is 0 Å². The van der Waals surface area contributed by atoms with Crippen LogP contribution in [0.4, 0.5) is 0 Å². The third-order valence-corrected chi connectivity index (χ3v) is 21.2. The molecule has 0 fully saturated rings. The molecule has 0 atom stereocenters. The summed E-state index contributed by atoms with van der Waals surface area (Å²) in [5.41, 5.74) is 0. The number of hydrogen-bond donors (Lipinski definition) is 0. The van der Waals surface area contributed by atoms with Crippen LogP contribution in [0.2, 0.25) is 8.87 Å². The summed E-state index contributed by atoms with van der Waals surface area (Å²) in [6, 6.07) is 0. The standard InChI is InChI=1S/2C22H40O4.2C4H9.Sn/c2*1-2-3-4-5-6-7-8-9-10-11-12-13-14-15-16-17-20-26-22(25)19-18-21(23)24;2*1-3-4-2;/h2*18-19H,2-17,20H2,1H3,(H,23,24);2*1,3-4H2,2H3;/q;;;;+2/p-2/b2*19-18+;;;. The zero-order valence-electron chi connectivity index (χ0n) is 40.4. The Bertz CT molecular complexity index is 1010. The topological polar surface area (TPSA) is 105 Å². The fraction of sp³-hybridized carbons (Fsp3) is 0.846. The van der Waals surface area contributed by atoms with E-state index in [0.717, 1.165) is 88.5 Å². The van der Waals surface area contributed by atoms with Gasteiger partial charge in [0, 0.05) is 0 Å². The predicted octanol–water partition coefficient (Wildman–Crippen LogP) is 15.8. The first kappa shape index (κ1) is 59.2. The van der Waals surface area contributed by atoms with Crippen LogP contribution in [0.3, 0.4) is 0 Å². The van der Waals surface area contributed by atoms with Gasteiger partial charge in [0.25, 0.3) is 0 Å². The normalized spacial score (nSPS) is 11.7. The van der Waals surface area contributed by atoms with Gasteiger partial charge >= 0.3 is 228 Å². The van der Waals surface area contributed by atoms with Gasteiger partial charge in [-0.1, -0.05) is 155 Å². The van der Waals surface area contributed by atoms with Crippen molar-refractivity contribution in [2.24, 2.45) is 0 Å². The van der Waals surface area contributed by atoms with Crippen molar-refractivity contribution in [3.63, 3.8) is 0 Å². The molecule has 0 bridgehead atoms. The van der Waals surface area contributed by atoms with Crippen molar-refractivity contribution in [3.05, 3.63) is 24.3 Å². The van der Waals surface area contributed by atoms with Crippen molar-refractivity contribution in [2.45, 2.75) is 268 Å². The van der Waals surface area contributed by atoms with Gasteiger partial charge in [0.1, 0.15) is 0 Å². The Morgan fingerprint density at radius 3 is 0.754 bits per heavy atom. The smallest absolute Gasteiger partial charge is 0.0654 e. The molecule has 0 heterocycles. The molecule has 0 aliphatic carbocycles. The van der Waals surface area contributed by atoms with E-state index in [0.29, 0.717) is 22.1 Å². The molecule has 0 N–H and O–H groups in total. The molecule has 0 radical (unpaired) electrons. The molecule has 0 unspecified atom stereocenters. The van der Waals surface area contributed by atoms with Crippen LogP contribution in [0, 0.1) is 0 Å². The van der Waals surface area contributed by atoms with Crippen molar-refractivity contribution >= 4 is 43.1 Å². The number of carbonyl (C=O) groups excluding carboxylic acids is 4. The predicted molar refractivity (Wildman–Crippen MR) is 257 cm³/mol. The summed E-state index contributed by atoms with van der Waals surface area (Å²) in [7, 11) is 0. The second-order valence-electron chi connectivity index (χ2n) is 17.6. The molecule has 0 spiro atoms. The van der Waals surface area contributed by atoms with E-state index in [4.69, 9.17) is 15.6 Å². The second-order valence-corrected chi connectivity index (χ2v) is 26.8. The molecule has 356 valence electrons. The van der Waals surface area contributed by atoms with Crippen molar-refractivity contribution in [2.75, 3.05) is 13.2 Å². The van der Waals surface area contributed by atoms with Crippen LogP contribution >= 0.6 is 0 Å². The fourth-order valence-electron chi connectivity index (χ4n) is 7.69. The van der Waals surface area contributed by atoms with E-state index in [1.807, 2.05) is 13.8 Å². The van der Waals surface area contributed by atoms with Gasteiger partial charge in [-0.2, -0.15) is 0 Å². The molecule has 0 aromatic carbocycles. The number of ether oxygens (including phenoxy) is 2. The maximum absolute atomic E-state index is 13.0. The minimum absolute atomic E-state index is 0.318. The van der Waals surface area contributed by atoms with E-state index >= 15 is 0 Å². The number of esters is 2. The summed E-state index contributed by atoms with van der Waals surface area (Å²) in [6.45, 7) is 9.24. The Morgan fingerprint density at radius 2 is 0.508 bits per heavy atom. The van der Waals surface area contributed by atoms with E-state index in [1.165, 1.54) is 167 Å². The summed E-state index contributed by atoms with van der Waals surface area (Å²) in [5, 5.41) is 0. The van der Waals surface area contributed by atoms with Gasteiger partial charge in [-0.25, -0.2) is 0 Å². The van der Waals surface area contributed by atoms with Crippen LogP contribution in [-0.2, 0) is 34.8 Å². The summed E-state index contributed by atoms with van der Waals surface area (Å²) in [5.74, 6) is -2.56. The van der Waals surface area contributed by atoms with Crippen LogP contribution in [0.5, 0.6) is 0 Å².